The predicted molar refractivity (Wildman–Crippen MR) is 117 cm³/mol. The third-order valence-corrected chi connectivity index (χ3v) is 7.07. The summed E-state index contributed by atoms with van der Waals surface area (Å²) in [5.74, 6) is 2.56. The van der Waals surface area contributed by atoms with E-state index in [1.807, 2.05) is 13.1 Å². The van der Waals surface area contributed by atoms with Gasteiger partial charge in [-0.25, -0.2) is 0 Å². The van der Waals surface area contributed by atoms with Crippen LogP contribution < -0.4 is 15.4 Å². The number of ether oxygens (including phenoxy) is 2. The number of aliphatic imine (C=N–C) groups is 1. The highest BCUT2D eigenvalue weighted by Gasteiger charge is 2.65. The molecule has 6 heteroatoms. The fraction of sp³-hybridized carbons (Fsp3) is 0.667. The number of nitrogens with one attached hydrogen (secondary N) is 2. The summed E-state index contributed by atoms with van der Waals surface area (Å²) in [6.45, 7) is 1.67. The molecule has 148 valence electrons. The summed E-state index contributed by atoms with van der Waals surface area (Å²) in [5.41, 5.74) is 1.57. The zero-order chi connectivity index (χ0) is 17.6. The first-order valence-electron chi connectivity index (χ1n) is 10.1. The summed E-state index contributed by atoms with van der Waals surface area (Å²) in [5, 5.41) is 7.47. The van der Waals surface area contributed by atoms with E-state index in [1.54, 1.807) is 0 Å². The molecule has 2 aliphatic carbocycles. The standard InChI is InChI=1S/C21H29N3O2.HI/c1-22-20(23-16-9-13-25-17-7-3-2-6-14(16)17)24-18-15-8-12-26-19(15)21(18)10-4-5-11-21;/h2-3,6-7,15-16,18-19H,4-5,8-13H2,1H3,(H2,22,23,24);1H. The predicted octanol–water partition coefficient (Wildman–Crippen LogP) is 3.64. The van der Waals surface area contributed by atoms with Gasteiger partial charge in [-0.05, 0) is 25.3 Å². The van der Waals surface area contributed by atoms with Crippen molar-refractivity contribution in [2.24, 2.45) is 16.3 Å². The molecule has 1 spiro atoms. The third-order valence-electron chi connectivity index (χ3n) is 7.07. The van der Waals surface area contributed by atoms with Crippen LogP contribution in [-0.4, -0.2) is 38.4 Å². The maximum Gasteiger partial charge on any atom is 0.191 e. The second-order valence-electron chi connectivity index (χ2n) is 8.25. The smallest absolute Gasteiger partial charge is 0.191 e. The van der Waals surface area contributed by atoms with Crippen molar-refractivity contribution in [3.8, 4) is 5.75 Å². The molecule has 0 radical (unpaired) electrons. The Balaban J connectivity index is 0.00000180. The Morgan fingerprint density at radius 3 is 2.74 bits per heavy atom. The number of guanidine groups is 1. The van der Waals surface area contributed by atoms with Crippen molar-refractivity contribution in [1.29, 1.82) is 0 Å². The average molecular weight is 483 g/mol. The molecule has 0 aromatic heterocycles. The van der Waals surface area contributed by atoms with Crippen LogP contribution in [0.15, 0.2) is 29.3 Å². The molecule has 1 aromatic carbocycles. The molecule has 3 fully saturated rings. The lowest BCUT2D eigenvalue weighted by molar-refractivity contribution is -0.125. The number of para-hydroxylation sites is 1. The van der Waals surface area contributed by atoms with Gasteiger partial charge in [-0.3, -0.25) is 4.99 Å². The van der Waals surface area contributed by atoms with Crippen LogP contribution in [0, 0.1) is 11.3 Å². The van der Waals surface area contributed by atoms with Gasteiger partial charge in [-0.15, -0.1) is 24.0 Å². The Labute approximate surface area is 178 Å². The first kappa shape index (κ1) is 19.3. The Kier molecular flexibility index (Phi) is 5.56. The van der Waals surface area contributed by atoms with Crippen molar-refractivity contribution >= 4 is 29.9 Å². The molecule has 2 saturated carbocycles. The van der Waals surface area contributed by atoms with Crippen LogP contribution >= 0.6 is 24.0 Å². The van der Waals surface area contributed by atoms with Crippen LogP contribution in [0.4, 0.5) is 0 Å². The molecule has 0 amide bonds. The van der Waals surface area contributed by atoms with Crippen molar-refractivity contribution in [1.82, 2.24) is 10.6 Å². The van der Waals surface area contributed by atoms with Crippen molar-refractivity contribution in [3.63, 3.8) is 0 Å². The quantitative estimate of drug-likeness (QED) is 0.383. The van der Waals surface area contributed by atoms with E-state index in [2.05, 4.69) is 33.8 Å². The van der Waals surface area contributed by atoms with Gasteiger partial charge < -0.3 is 20.1 Å². The van der Waals surface area contributed by atoms with E-state index in [9.17, 15) is 0 Å². The van der Waals surface area contributed by atoms with Crippen molar-refractivity contribution in [2.75, 3.05) is 20.3 Å². The number of benzene rings is 1. The number of hydrogen-bond donors (Lipinski definition) is 2. The van der Waals surface area contributed by atoms with Crippen LogP contribution in [0.1, 0.15) is 50.1 Å². The van der Waals surface area contributed by atoms with Gasteiger partial charge in [0, 0.05) is 43.0 Å². The maximum absolute atomic E-state index is 6.11. The van der Waals surface area contributed by atoms with Gasteiger partial charge in [0.1, 0.15) is 5.75 Å². The van der Waals surface area contributed by atoms with Gasteiger partial charge in [0.15, 0.2) is 5.96 Å². The molecule has 27 heavy (non-hydrogen) atoms. The van der Waals surface area contributed by atoms with Crippen LogP contribution in [0.25, 0.3) is 0 Å². The first-order valence-corrected chi connectivity index (χ1v) is 10.1. The van der Waals surface area contributed by atoms with Gasteiger partial charge in [-0.1, -0.05) is 31.0 Å². The lowest BCUT2D eigenvalue weighted by atomic mass is 9.54. The molecule has 1 aromatic rings. The topological polar surface area (TPSA) is 54.9 Å². The molecule has 1 saturated heterocycles. The Hall–Kier alpha value is -1.02. The number of hydrogen-bond acceptors (Lipinski definition) is 3. The Morgan fingerprint density at radius 1 is 1.11 bits per heavy atom. The van der Waals surface area contributed by atoms with Crippen LogP contribution in [0.2, 0.25) is 0 Å². The minimum atomic E-state index is 0. The highest BCUT2D eigenvalue weighted by Crippen LogP contribution is 2.60. The van der Waals surface area contributed by atoms with Crippen molar-refractivity contribution in [2.45, 2.75) is 56.7 Å². The fourth-order valence-corrected chi connectivity index (χ4v) is 5.88. The minimum absolute atomic E-state index is 0. The molecule has 4 atom stereocenters. The molecule has 5 nitrogen and oxygen atoms in total. The van der Waals surface area contributed by atoms with E-state index in [0.29, 0.717) is 23.5 Å². The molecular weight excluding hydrogens is 453 g/mol. The monoisotopic (exact) mass is 483 g/mol. The molecule has 5 rings (SSSR count). The summed E-state index contributed by atoms with van der Waals surface area (Å²) in [7, 11) is 1.88. The Bertz CT molecular complexity index is 704. The van der Waals surface area contributed by atoms with Crippen molar-refractivity contribution in [3.05, 3.63) is 29.8 Å². The van der Waals surface area contributed by atoms with Gasteiger partial charge in [-0.2, -0.15) is 0 Å². The average Bonchev–Trinajstić information content (AvgIpc) is 3.34. The summed E-state index contributed by atoms with van der Waals surface area (Å²) >= 11 is 0. The lowest BCUT2D eigenvalue weighted by Gasteiger charge is -2.57. The first-order chi connectivity index (χ1) is 12.8. The maximum atomic E-state index is 6.11. The molecular formula is C21H30IN3O2. The van der Waals surface area contributed by atoms with Gasteiger partial charge in [0.2, 0.25) is 0 Å². The fourth-order valence-electron chi connectivity index (χ4n) is 5.88. The zero-order valence-corrected chi connectivity index (χ0v) is 18.3. The van der Waals surface area contributed by atoms with Gasteiger partial charge in [0.05, 0.1) is 18.8 Å². The van der Waals surface area contributed by atoms with Crippen LogP contribution in [0.3, 0.4) is 0 Å². The normalized spacial score (nSPS) is 33.3. The van der Waals surface area contributed by atoms with E-state index in [-0.39, 0.29) is 30.0 Å². The van der Waals surface area contributed by atoms with Crippen molar-refractivity contribution < 1.29 is 9.47 Å². The highest BCUT2D eigenvalue weighted by atomic mass is 127. The minimum Gasteiger partial charge on any atom is -0.493 e. The number of nitrogens with zero attached hydrogens (tertiary/aromatic N) is 1. The largest absolute Gasteiger partial charge is 0.493 e. The summed E-state index contributed by atoms with van der Waals surface area (Å²) in [6, 6.07) is 9.08. The molecule has 2 heterocycles. The van der Waals surface area contributed by atoms with Crippen LogP contribution in [-0.2, 0) is 4.74 Å². The number of halogens is 1. The van der Waals surface area contributed by atoms with Gasteiger partial charge in [0.25, 0.3) is 0 Å². The van der Waals surface area contributed by atoms with E-state index >= 15 is 0 Å². The SMILES string of the molecule is CN=C(NC1CCOc2ccccc21)NC1C2CCOC2C12CCCC2.I. The molecule has 2 aliphatic heterocycles. The molecule has 2 N–H and O–H groups in total. The summed E-state index contributed by atoms with van der Waals surface area (Å²) in [4.78, 5) is 4.56. The van der Waals surface area contributed by atoms with E-state index in [4.69, 9.17) is 9.47 Å². The Morgan fingerprint density at radius 2 is 1.93 bits per heavy atom. The third kappa shape index (κ3) is 3.12. The van der Waals surface area contributed by atoms with Crippen LogP contribution in [0.5, 0.6) is 5.75 Å². The zero-order valence-electron chi connectivity index (χ0n) is 15.9. The second kappa shape index (κ2) is 7.78. The number of fused-ring (bicyclic) bond motifs is 3. The highest BCUT2D eigenvalue weighted by molar-refractivity contribution is 14.0. The summed E-state index contributed by atoms with van der Waals surface area (Å²) in [6.07, 6.45) is 7.88. The summed E-state index contributed by atoms with van der Waals surface area (Å²) < 4.78 is 11.9. The van der Waals surface area contributed by atoms with E-state index < -0.39 is 0 Å². The second-order valence-corrected chi connectivity index (χ2v) is 8.25. The molecule has 0 bridgehead atoms. The molecule has 4 unspecified atom stereocenters. The van der Waals surface area contributed by atoms with E-state index in [1.165, 1.54) is 37.7 Å². The molecule has 4 aliphatic rings. The van der Waals surface area contributed by atoms with Gasteiger partial charge >= 0.3 is 0 Å². The van der Waals surface area contributed by atoms with E-state index in [0.717, 1.165) is 31.3 Å². The lowest BCUT2D eigenvalue weighted by Crippen LogP contribution is -2.69. The number of rotatable bonds is 2.